The van der Waals surface area contributed by atoms with Gasteiger partial charge in [-0.25, -0.2) is 4.98 Å². The second kappa shape index (κ2) is 6.50. The highest BCUT2D eigenvalue weighted by Crippen LogP contribution is 2.18. The van der Waals surface area contributed by atoms with Gasteiger partial charge in [0.05, 0.1) is 24.8 Å². The number of piperidine rings is 1. The van der Waals surface area contributed by atoms with E-state index in [1.54, 1.807) is 0 Å². The lowest BCUT2D eigenvalue weighted by molar-refractivity contribution is 0.0225. The zero-order valence-electron chi connectivity index (χ0n) is 11.6. The Labute approximate surface area is 114 Å². The molecule has 1 atom stereocenters. The largest absolute Gasteiger partial charge is 0.369 e. The van der Waals surface area contributed by atoms with E-state index in [1.807, 2.05) is 12.5 Å². The molecule has 1 aromatic heterocycles. The summed E-state index contributed by atoms with van der Waals surface area (Å²) in [6.45, 7) is 7.31. The number of morpholine rings is 1. The van der Waals surface area contributed by atoms with Crippen LogP contribution < -0.4 is 5.32 Å². The van der Waals surface area contributed by atoms with Crippen molar-refractivity contribution in [1.82, 2.24) is 19.8 Å². The van der Waals surface area contributed by atoms with Crippen LogP contribution in [0.3, 0.4) is 0 Å². The molecule has 3 rings (SSSR count). The molecular weight excluding hydrogens is 240 g/mol. The predicted octanol–water partition coefficient (Wildman–Crippen LogP) is 1.03. The highest BCUT2D eigenvalue weighted by molar-refractivity contribution is 5.04. The first-order chi connectivity index (χ1) is 9.43. The fourth-order valence-corrected chi connectivity index (χ4v) is 2.97. The number of likely N-dealkylation sites (tertiary alicyclic amines) is 1. The zero-order chi connectivity index (χ0) is 12.9. The second-order valence-corrected chi connectivity index (χ2v) is 5.48. The first-order valence-electron chi connectivity index (χ1n) is 7.48. The monoisotopic (exact) mass is 264 g/mol. The van der Waals surface area contributed by atoms with Gasteiger partial charge in [0.1, 0.15) is 6.10 Å². The molecule has 5 nitrogen and oxygen atoms in total. The van der Waals surface area contributed by atoms with E-state index in [9.17, 15) is 0 Å². The zero-order valence-corrected chi connectivity index (χ0v) is 11.6. The van der Waals surface area contributed by atoms with E-state index in [-0.39, 0.29) is 6.10 Å². The third-order valence-corrected chi connectivity index (χ3v) is 4.11. The lowest BCUT2D eigenvalue weighted by Crippen LogP contribution is -2.35. The smallest absolute Gasteiger partial charge is 0.111 e. The van der Waals surface area contributed by atoms with E-state index in [4.69, 9.17) is 4.74 Å². The van der Waals surface area contributed by atoms with Crippen molar-refractivity contribution in [3.63, 3.8) is 0 Å². The van der Waals surface area contributed by atoms with Crippen LogP contribution in [0.2, 0.25) is 0 Å². The fourth-order valence-electron chi connectivity index (χ4n) is 2.97. The fraction of sp³-hybridized carbons (Fsp3) is 0.786. The molecule has 0 aromatic carbocycles. The first-order valence-corrected chi connectivity index (χ1v) is 7.48. The third-order valence-electron chi connectivity index (χ3n) is 4.11. The molecule has 1 unspecified atom stereocenters. The van der Waals surface area contributed by atoms with Crippen molar-refractivity contribution < 1.29 is 4.74 Å². The van der Waals surface area contributed by atoms with Crippen LogP contribution in [-0.2, 0) is 11.3 Å². The van der Waals surface area contributed by atoms with E-state index in [0.717, 1.165) is 32.8 Å². The molecule has 0 radical (unpaired) electrons. The van der Waals surface area contributed by atoms with Crippen molar-refractivity contribution in [3.8, 4) is 0 Å². The first kappa shape index (κ1) is 13.1. The Balaban J connectivity index is 1.56. The molecule has 19 heavy (non-hydrogen) atoms. The molecule has 1 aromatic rings. The SMILES string of the molecule is c1ncn(CCN2CCCCC2)c1C1CNCCO1. The Morgan fingerprint density at radius 3 is 2.95 bits per heavy atom. The van der Waals surface area contributed by atoms with Gasteiger partial charge >= 0.3 is 0 Å². The summed E-state index contributed by atoms with van der Waals surface area (Å²) in [5, 5.41) is 3.38. The average Bonchev–Trinajstić information content (AvgIpc) is 2.95. The van der Waals surface area contributed by atoms with Gasteiger partial charge in [0.15, 0.2) is 0 Å². The van der Waals surface area contributed by atoms with Gasteiger partial charge in [-0.05, 0) is 25.9 Å². The number of aromatic nitrogens is 2. The number of hydrogen-bond donors (Lipinski definition) is 1. The Morgan fingerprint density at radius 1 is 1.26 bits per heavy atom. The van der Waals surface area contributed by atoms with E-state index in [0.29, 0.717) is 0 Å². The van der Waals surface area contributed by atoms with Crippen LogP contribution in [0.1, 0.15) is 31.1 Å². The molecule has 2 fully saturated rings. The lowest BCUT2D eigenvalue weighted by atomic mass is 10.1. The van der Waals surface area contributed by atoms with Crippen LogP contribution in [0.25, 0.3) is 0 Å². The van der Waals surface area contributed by atoms with Gasteiger partial charge in [-0.1, -0.05) is 6.42 Å². The van der Waals surface area contributed by atoms with Crippen molar-refractivity contribution in [2.45, 2.75) is 31.9 Å². The normalized spacial score (nSPS) is 25.6. The average molecular weight is 264 g/mol. The van der Waals surface area contributed by atoms with Crippen molar-refractivity contribution in [2.75, 3.05) is 39.3 Å². The summed E-state index contributed by atoms with van der Waals surface area (Å²) in [6.07, 6.45) is 8.16. The summed E-state index contributed by atoms with van der Waals surface area (Å²) in [7, 11) is 0. The Bertz CT molecular complexity index is 381. The maximum Gasteiger partial charge on any atom is 0.111 e. The number of nitrogens with zero attached hydrogens (tertiary/aromatic N) is 3. The van der Waals surface area contributed by atoms with Crippen molar-refractivity contribution in [2.24, 2.45) is 0 Å². The van der Waals surface area contributed by atoms with Crippen LogP contribution >= 0.6 is 0 Å². The number of hydrogen-bond acceptors (Lipinski definition) is 4. The molecule has 5 heteroatoms. The molecule has 0 spiro atoms. The van der Waals surface area contributed by atoms with Crippen LogP contribution in [0.4, 0.5) is 0 Å². The van der Waals surface area contributed by atoms with Crippen LogP contribution in [-0.4, -0.2) is 53.8 Å². The summed E-state index contributed by atoms with van der Waals surface area (Å²) in [6, 6.07) is 0. The maximum atomic E-state index is 5.82. The Morgan fingerprint density at radius 2 is 2.16 bits per heavy atom. The summed E-state index contributed by atoms with van der Waals surface area (Å²) in [5.74, 6) is 0. The van der Waals surface area contributed by atoms with Crippen molar-refractivity contribution >= 4 is 0 Å². The molecule has 1 N–H and O–H groups in total. The molecule has 0 amide bonds. The molecule has 2 saturated heterocycles. The topological polar surface area (TPSA) is 42.3 Å². The van der Waals surface area contributed by atoms with E-state index >= 15 is 0 Å². The number of imidazole rings is 1. The number of nitrogens with one attached hydrogen (secondary N) is 1. The van der Waals surface area contributed by atoms with Gasteiger partial charge in [0.25, 0.3) is 0 Å². The highest BCUT2D eigenvalue weighted by atomic mass is 16.5. The van der Waals surface area contributed by atoms with Gasteiger partial charge in [-0.2, -0.15) is 0 Å². The van der Waals surface area contributed by atoms with Crippen molar-refractivity contribution in [3.05, 3.63) is 18.2 Å². The molecule has 2 aliphatic rings. The predicted molar refractivity (Wildman–Crippen MR) is 74.1 cm³/mol. The van der Waals surface area contributed by atoms with E-state index in [1.165, 1.54) is 38.0 Å². The minimum Gasteiger partial charge on any atom is -0.369 e. The van der Waals surface area contributed by atoms with Crippen LogP contribution in [0.15, 0.2) is 12.5 Å². The van der Waals surface area contributed by atoms with Gasteiger partial charge in [-0.15, -0.1) is 0 Å². The minimum atomic E-state index is 0.164. The Hall–Kier alpha value is -0.910. The molecule has 0 bridgehead atoms. The molecule has 0 aliphatic carbocycles. The van der Waals surface area contributed by atoms with Crippen molar-refractivity contribution in [1.29, 1.82) is 0 Å². The molecular formula is C14H24N4O. The lowest BCUT2D eigenvalue weighted by Gasteiger charge is -2.28. The minimum absolute atomic E-state index is 0.164. The highest BCUT2D eigenvalue weighted by Gasteiger charge is 2.19. The molecule has 0 saturated carbocycles. The second-order valence-electron chi connectivity index (χ2n) is 5.48. The van der Waals surface area contributed by atoms with E-state index < -0.39 is 0 Å². The molecule has 106 valence electrons. The standard InChI is InChI=1S/C14H24N4O/c1-2-5-17(6-3-1)7-8-18-12-16-10-13(18)14-11-15-4-9-19-14/h10,12,14-15H,1-9,11H2. The maximum absolute atomic E-state index is 5.82. The third kappa shape index (κ3) is 3.35. The quantitative estimate of drug-likeness (QED) is 0.882. The molecule has 3 heterocycles. The van der Waals surface area contributed by atoms with Gasteiger partial charge in [0.2, 0.25) is 0 Å². The van der Waals surface area contributed by atoms with E-state index in [2.05, 4.69) is 19.8 Å². The van der Waals surface area contributed by atoms with Gasteiger partial charge in [-0.3, -0.25) is 0 Å². The summed E-state index contributed by atoms with van der Waals surface area (Å²) in [5.41, 5.74) is 1.21. The number of rotatable bonds is 4. The van der Waals surface area contributed by atoms with Gasteiger partial charge < -0.3 is 19.5 Å². The van der Waals surface area contributed by atoms with Crippen LogP contribution in [0, 0.1) is 0 Å². The molecule has 2 aliphatic heterocycles. The van der Waals surface area contributed by atoms with Crippen LogP contribution in [0.5, 0.6) is 0 Å². The summed E-state index contributed by atoms with van der Waals surface area (Å²) < 4.78 is 8.07. The van der Waals surface area contributed by atoms with Gasteiger partial charge in [0, 0.05) is 26.2 Å². The summed E-state index contributed by atoms with van der Waals surface area (Å²) in [4.78, 5) is 6.86. The number of ether oxygens (including phenoxy) is 1. The Kier molecular flexibility index (Phi) is 4.48. The summed E-state index contributed by atoms with van der Waals surface area (Å²) >= 11 is 0.